The van der Waals surface area contributed by atoms with Gasteiger partial charge in [-0.05, 0) is 30.7 Å². The minimum Gasteiger partial charge on any atom is -0.319 e. The number of hydrogen-bond acceptors (Lipinski definition) is 9. The molecule has 0 saturated heterocycles. The highest BCUT2D eigenvalue weighted by Gasteiger charge is 2.24. The van der Waals surface area contributed by atoms with Gasteiger partial charge in [-0.25, -0.2) is 15.0 Å². The van der Waals surface area contributed by atoms with Crippen molar-refractivity contribution in [1.29, 1.82) is 0 Å². The summed E-state index contributed by atoms with van der Waals surface area (Å²) in [6, 6.07) is 6.55. The second kappa shape index (κ2) is 7.82. The number of rotatable bonds is 6. The summed E-state index contributed by atoms with van der Waals surface area (Å²) in [5.41, 5.74) is 5.50. The molecule has 0 spiro atoms. The van der Waals surface area contributed by atoms with Crippen LogP contribution in [0.5, 0.6) is 0 Å². The molecular formula is C16H14N8O3. The Morgan fingerprint density at radius 2 is 1.78 bits per heavy atom. The Kier molecular flexibility index (Phi) is 5.12. The van der Waals surface area contributed by atoms with Crippen molar-refractivity contribution in [3.63, 3.8) is 0 Å². The van der Waals surface area contributed by atoms with Crippen molar-refractivity contribution in [3.05, 3.63) is 70.4 Å². The number of hydrazine groups is 1. The highest BCUT2D eigenvalue weighted by Crippen LogP contribution is 2.30. The third-order valence-corrected chi connectivity index (χ3v) is 3.49. The number of carbonyl (C=O) groups excluding carboxylic acids is 1. The van der Waals surface area contributed by atoms with E-state index < -0.39 is 16.5 Å². The third kappa shape index (κ3) is 4.10. The first kappa shape index (κ1) is 17.7. The van der Waals surface area contributed by atoms with E-state index in [4.69, 9.17) is 0 Å². The number of anilines is 3. The SMILES string of the molecule is Cc1cccnc1Nc1ncnc(NNC(=O)c2ccncc2)c1[N+](=O)[O-]. The van der Waals surface area contributed by atoms with Gasteiger partial charge in [0.2, 0.25) is 11.6 Å². The molecule has 136 valence electrons. The molecule has 27 heavy (non-hydrogen) atoms. The summed E-state index contributed by atoms with van der Waals surface area (Å²) in [6.07, 6.45) is 5.60. The molecule has 3 aromatic heterocycles. The minimum absolute atomic E-state index is 0.0579. The Morgan fingerprint density at radius 3 is 2.48 bits per heavy atom. The first-order valence-electron chi connectivity index (χ1n) is 7.70. The molecule has 0 aliphatic rings. The molecule has 0 fully saturated rings. The number of pyridine rings is 2. The quantitative estimate of drug-likeness (QED) is 0.440. The zero-order chi connectivity index (χ0) is 19.2. The number of nitrogens with one attached hydrogen (secondary N) is 3. The molecule has 0 unspecified atom stereocenters. The third-order valence-electron chi connectivity index (χ3n) is 3.49. The molecule has 3 N–H and O–H groups in total. The van der Waals surface area contributed by atoms with Gasteiger partial charge >= 0.3 is 5.69 Å². The van der Waals surface area contributed by atoms with Gasteiger partial charge in [0.25, 0.3) is 5.91 Å². The summed E-state index contributed by atoms with van der Waals surface area (Å²) in [6.45, 7) is 1.80. The molecule has 3 aromatic rings. The van der Waals surface area contributed by atoms with Gasteiger partial charge in [-0.15, -0.1) is 0 Å². The lowest BCUT2D eigenvalue weighted by atomic mass is 10.2. The van der Waals surface area contributed by atoms with Gasteiger partial charge in [0.05, 0.1) is 4.92 Å². The number of nitro groups is 1. The van der Waals surface area contributed by atoms with Crippen LogP contribution >= 0.6 is 0 Å². The number of hydrogen-bond donors (Lipinski definition) is 3. The number of aryl methyl sites for hydroxylation is 1. The van der Waals surface area contributed by atoms with E-state index >= 15 is 0 Å². The van der Waals surface area contributed by atoms with Crippen LogP contribution < -0.4 is 16.2 Å². The minimum atomic E-state index is -0.651. The fourth-order valence-electron chi connectivity index (χ4n) is 2.15. The van der Waals surface area contributed by atoms with Crippen LogP contribution in [0.3, 0.4) is 0 Å². The van der Waals surface area contributed by atoms with Crippen LogP contribution in [0.1, 0.15) is 15.9 Å². The van der Waals surface area contributed by atoms with E-state index in [-0.39, 0.29) is 11.6 Å². The zero-order valence-electron chi connectivity index (χ0n) is 14.1. The highest BCUT2D eigenvalue weighted by molar-refractivity contribution is 5.94. The smallest absolute Gasteiger partial charge is 0.319 e. The summed E-state index contributed by atoms with van der Waals surface area (Å²) in [4.78, 5) is 38.7. The predicted molar refractivity (Wildman–Crippen MR) is 96.3 cm³/mol. The molecule has 11 heteroatoms. The lowest BCUT2D eigenvalue weighted by Gasteiger charge is -2.11. The Morgan fingerprint density at radius 1 is 1.04 bits per heavy atom. The molecule has 1 amide bonds. The van der Waals surface area contributed by atoms with E-state index in [9.17, 15) is 14.9 Å². The maximum atomic E-state index is 12.1. The summed E-state index contributed by atoms with van der Waals surface area (Å²) in [5, 5.41) is 14.4. The molecule has 0 bridgehead atoms. The van der Waals surface area contributed by atoms with E-state index in [0.717, 1.165) is 11.9 Å². The molecule has 0 radical (unpaired) electrons. The predicted octanol–water partition coefficient (Wildman–Crippen LogP) is 1.98. The van der Waals surface area contributed by atoms with Crippen molar-refractivity contribution < 1.29 is 9.72 Å². The Labute approximate surface area is 153 Å². The zero-order valence-corrected chi connectivity index (χ0v) is 14.1. The fraction of sp³-hybridized carbons (Fsp3) is 0.0625. The van der Waals surface area contributed by atoms with Crippen LogP contribution in [0.2, 0.25) is 0 Å². The number of aromatic nitrogens is 4. The number of nitrogens with zero attached hydrogens (tertiary/aromatic N) is 5. The monoisotopic (exact) mass is 366 g/mol. The van der Waals surface area contributed by atoms with Gasteiger partial charge < -0.3 is 5.32 Å². The second-order valence-electron chi connectivity index (χ2n) is 5.29. The van der Waals surface area contributed by atoms with Crippen molar-refractivity contribution in [2.45, 2.75) is 6.92 Å². The molecule has 11 nitrogen and oxygen atoms in total. The molecular weight excluding hydrogens is 352 g/mol. The molecule has 0 atom stereocenters. The van der Waals surface area contributed by atoms with Gasteiger partial charge in [0.1, 0.15) is 12.1 Å². The van der Waals surface area contributed by atoms with Crippen molar-refractivity contribution in [1.82, 2.24) is 25.4 Å². The van der Waals surface area contributed by atoms with Crippen molar-refractivity contribution in [2.24, 2.45) is 0 Å². The first-order chi connectivity index (χ1) is 13.1. The summed E-state index contributed by atoms with van der Waals surface area (Å²) in [7, 11) is 0. The summed E-state index contributed by atoms with van der Waals surface area (Å²) < 4.78 is 0. The normalized spacial score (nSPS) is 10.1. The van der Waals surface area contributed by atoms with E-state index in [0.29, 0.717) is 11.4 Å². The largest absolute Gasteiger partial charge is 0.355 e. The van der Waals surface area contributed by atoms with Gasteiger partial charge in [0.15, 0.2) is 0 Å². The summed E-state index contributed by atoms with van der Waals surface area (Å²) in [5.74, 6) is -0.308. The average Bonchev–Trinajstić information content (AvgIpc) is 2.68. The average molecular weight is 366 g/mol. The Balaban J connectivity index is 1.84. The topological polar surface area (TPSA) is 148 Å². The standard InChI is InChI=1S/C16H14N8O3/c1-10-3-2-6-18-13(10)21-14-12(24(26)27)15(20-9-19-14)22-23-16(25)11-4-7-17-8-5-11/h2-9H,1H3,(H,23,25)(H2,18,19,20,21,22). The lowest BCUT2D eigenvalue weighted by molar-refractivity contribution is -0.383. The van der Waals surface area contributed by atoms with Gasteiger partial charge in [-0.3, -0.25) is 30.7 Å². The molecule has 0 aliphatic heterocycles. The van der Waals surface area contributed by atoms with E-state index in [1.807, 2.05) is 0 Å². The Hall–Kier alpha value is -4.15. The van der Waals surface area contributed by atoms with Crippen LogP contribution in [0.4, 0.5) is 23.1 Å². The van der Waals surface area contributed by atoms with E-state index in [2.05, 4.69) is 36.1 Å². The van der Waals surface area contributed by atoms with Crippen LogP contribution in [0, 0.1) is 17.0 Å². The van der Waals surface area contributed by atoms with Gasteiger partial charge in [-0.1, -0.05) is 6.07 Å². The molecule has 3 rings (SSSR count). The van der Waals surface area contributed by atoms with Gasteiger partial charge in [-0.2, -0.15) is 0 Å². The van der Waals surface area contributed by atoms with Crippen LogP contribution in [0.25, 0.3) is 0 Å². The van der Waals surface area contributed by atoms with Crippen LogP contribution in [0.15, 0.2) is 49.2 Å². The number of amides is 1. The second-order valence-corrected chi connectivity index (χ2v) is 5.29. The molecule has 0 aromatic carbocycles. The summed E-state index contributed by atoms with van der Waals surface area (Å²) >= 11 is 0. The maximum Gasteiger partial charge on any atom is 0.355 e. The van der Waals surface area contributed by atoms with Crippen molar-refractivity contribution in [3.8, 4) is 0 Å². The van der Waals surface area contributed by atoms with E-state index in [1.165, 1.54) is 24.5 Å². The van der Waals surface area contributed by atoms with Crippen LogP contribution in [-0.2, 0) is 0 Å². The van der Waals surface area contributed by atoms with Crippen LogP contribution in [-0.4, -0.2) is 30.8 Å². The lowest BCUT2D eigenvalue weighted by Crippen LogP contribution is -2.30. The Bertz CT molecular complexity index is 980. The first-order valence-corrected chi connectivity index (χ1v) is 7.70. The van der Waals surface area contributed by atoms with E-state index in [1.54, 1.807) is 25.3 Å². The van der Waals surface area contributed by atoms with Crippen molar-refractivity contribution in [2.75, 3.05) is 10.7 Å². The molecule has 3 heterocycles. The maximum absolute atomic E-state index is 12.1. The molecule has 0 saturated carbocycles. The number of carbonyl (C=O) groups is 1. The highest BCUT2D eigenvalue weighted by atomic mass is 16.6. The molecule has 0 aliphatic carbocycles. The van der Waals surface area contributed by atoms with Gasteiger partial charge in [0, 0.05) is 24.2 Å². The van der Waals surface area contributed by atoms with Crippen molar-refractivity contribution >= 4 is 29.0 Å². The fourth-order valence-corrected chi connectivity index (χ4v) is 2.15.